The van der Waals surface area contributed by atoms with Crippen LogP contribution >= 0.6 is 0 Å². The van der Waals surface area contributed by atoms with Crippen molar-refractivity contribution in [3.63, 3.8) is 0 Å². The van der Waals surface area contributed by atoms with Crippen molar-refractivity contribution in [2.24, 2.45) is 0 Å². The van der Waals surface area contributed by atoms with E-state index in [0.717, 1.165) is 17.8 Å². The number of nitrogens with one attached hydrogen (secondary N) is 1. The highest BCUT2D eigenvalue weighted by molar-refractivity contribution is 5.66. The average Bonchev–Trinajstić information content (AvgIpc) is 2.97. The van der Waals surface area contributed by atoms with Crippen LogP contribution < -0.4 is 15.0 Å². The lowest BCUT2D eigenvalue weighted by atomic mass is 9.89. The maximum absolute atomic E-state index is 13.7. The second-order valence-electron chi connectivity index (χ2n) is 9.64. The van der Waals surface area contributed by atoms with E-state index >= 15 is 0 Å². The van der Waals surface area contributed by atoms with Crippen LogP contribution in [0, 0.1) is 10.1 Å². The highest BCUT2D eigenvalue weighted by Gasteiger charge is 2.42. The van der Waals surface area contributed by atoms with Gasteiger partial charge in [-0.2, -0.15) is 13.2 Å². The zero-order valence-corrected chi connectivity index (χ0v) is 22.0. The number of aromatic nitrogens is 2. The number of nitrogens with zero attached hydrogens (tertiary/aromatic N) is 5. The fourth-order valence-electron chi connectivity index (χ4n) is 5.00. The Morgan fingerprint density at radius 1 is 1.20 bits per heavy atom. The van der Waals surface area contributed by atoms with Crippen LogP contribution in [0.4, 0.5) is 36.2 Å². The summed E-state index contributed by atoms with van der Waals surface area (Å²) in [7, 11) is 0. The Balaban J connectivity index is 1.48. The van der Waals surface area contributed by atoms with Gasteiger partial charge in [0.25, 0.3) is 5.69 Å². The molecule has 3 heterocycles. The summed E-state index contributed by atoms with van der Waals surface area (Å²) in [6, 6.07) is 7.43. The van der Waals surface area contributed by atoms with E-state index < -0.39 is 28.8 Å². The van der Waals surface area contributed by atoms with E-state index in [4.69, 9.17) is 9.47 Å². The van der Waals surface area contributed by atoms with Gasteiger partial charge in [-0.05, 0) is 24.3 Å². The quantitative estimate of drug-likeness (QED) is 0.177. The molecule has 2 aliphatic heterocycles. The minimum Gasteiger partial charge on any atom is -0.429 e. The minimum atomic E-state index is -4.58. The number of fused-ring (bicyclic) bond motifs is 1. The smallest absolute Gasteiger partial charge is 0.429 e. The Bertz CT molecular complexity index is 1430. The van der Waals surface area contributed by atoms with Crippen molar-refractivity contribution in [3.05, 3.63) is 76.1 Å². The minimum absolute atomic E-state index is 0.130. The van der Waals surface area contributed by atoms with Crippen LogP contribution in [0.15, 0.2) is 54.9 Å². The number of morpholine rings is 1. The largest absolute Gasteiger partial charge is 0.558 e. The second kappa shape index (κ2) is 11.6. The number of rotatable bonds is 6. The van der Waals surface area contributed by atoms with Crippen molar-refractivity contribution < 1.29 is 37.3 Å². The third kappa shape index (κ3) is 6.16. The second-order valence-corrected chi connectivity index (χ2v) is 9.64. The monoisotopic (exact) mass is 573 g/mol. The van der Waals surface area contributed by atoms with Crippen molar-refractivity contribution in [3.8, 4) is 5.75 Å². The Morgan fingerprint density at radius 3 is 2.49 bits per heavy atom. The topological polar surface area (TPSA) is 126 Å². The lowest BCUT2D eigenvalue weighted by Crippen LogP contribution is -2.38. The van der Waals surface area contributed by atoms with Crippen LogP contribution in [0.1, 0.15) is 36.9 Å². The molecular weight excluding hydrogens is 545 g/mol. The predicted octanol–water partition coefficient (Wildman–Crippen LogP) is 5.21. The molecule has 0 radical (unpaired) electrons. The fourth-order valence-corrected chi connectivity index (χ4v) is 5.00. The SMILES string of the molecule is CC[C@@H]1C[C@H](Nc2ncc(N3CCOCC3)cn2)c2cc(C(F)(F)F)ccc2[N+]1=C(O)Oc1ccc([N+](=O)[O-])cc1. The zero-order valence-electron chi connectivity index (χ0n) is 22.0. The average molecular weight is 574 g/mol. The maximum Gasteiger partial charge on any atom is 0.558 e. The molecule has 3 aromatic rings. The first-order chi connectivity index (χ1) is 19.6. The molecule has 0 spiro atoms. The Labute approximate surface area is 233 Å². The summed E-state index contributed by atoms with van der Waals surface area (Å²) in [4.78, 5) is 21.3. The number of nitro groups is 1. The van der Waals surface area contributed by atoms with Crippen LogP contribution in [0.3, 0.4) is 0 Å². The van der Waals surface area contributed by atoms with Crippen LogP contribution in [0.5, 0.6) is 5.75 Å². The van der Waals surface area contributed by atoms with E-state index in [1.54, 1.807) is 12.4 Å². The van der Waals surface area contributed by atoms with Gasteiger partial charge < -0.3 is 24.8 Å². The molecule has 0 saturated carbocycles. The first-order valence-electron chi connectivity index (χ1n) is 13.0. The van der Waals surface area contributed by atoms with Crippen LogP contribution in [0.2, 0.25) is 0 Å². The van der Waals surface area contributed by atoms with Gasteiger partial charge in [0, 0.05) is 49.7 Å². The van der Waals surface area contributed by atoms with Crippen molar-refractivity contribution >= 4 is 29.1 Å². The number of hydrogen-bond donors (Lipinski definition) is 2. The molecule has 2 aliphatic rings. The summed E-state index contributed by atoms with van der Waals surface area (Å²) >= 11 is 0. The van der Waals surface area contributed by atoms with Gasteiger partial charge in [-0.25, -0.2) is 9.97 Å². The predicted molar refractivity (Wildman–Crippen MR) is 143 cm³/mol. The lowest BCUT2D eigenvalue weighted by Gasteiger charge is -2.30. The van der Waals surface area contributed by atoms with E-state index in [2.05, 4.69) is 20.2 Å². The zero-order chi connectivity index (χ0) is 29.1. The van der Waals surface area contributed by atoms with Gasteiger partial charge in [0.1, 0.15) is 5.75 Å². The molecule has 1 saturated heterocycles. The van der Waals surface area contributed by atoms with E-state index in [1.807, 2.05) is 6.92 Å². The molecule has 216 valence electrons. The van der Waals surface area contributed by atoms with E-state index in [9.17, 15) is 28.4 Å². The van der Waals surface area contributed by atoms with Crippen LogP contribution in [0.25, 0.3) is 0 Å². The molecule has 0 bridgehead atoms. The Hall–Kier alpha value is -4.46. The molecule has 2 atom stereocenters. The summed E-state index contributed by atoms with van der Waals surface area (Å²) < 4.78 is 53.5. The summed E-state index contributed by atoms with van der Waals surface area (Å²) in [6.45, 7) is 4.52. The molecule has 14 heteroatoms. The van der Waals surface area contributed by atoms with Gasteiger partial charge in [-0.1, -0.05) is 6.92 Å². The molecule has 41 heavy (non-hydrogen) atoms. The molecule has 2 aromatic carbocycles. The molecule has 0 amide bonds. The standard InChI is InChI=1S/C27H27F3N6O5/c1-2-18-14-23(33-25-31-15-20(16-32-25)34-9-11-40-12-10-34)22-13-17(27(28,29)30)3-8-24(22)35(18)26(37)41-21-6-4-19(5-7-21)36(38)39/h3-8,13,15-16,18,23H,2,9-12,14H2,1H3,(H,31,32,33)/p+1/t18-,23+/m1/s1. The Kier molecular flexibility index (Phi) is 7.92. The number of alkyl halides is 3. The normalized spacial score (nSPS) is 20.2. The summed E-state index contributed by atoms with van der Waals surface area (Å²) in [5.74, 6) is 0.388. The number of hydrogen-bond acceptors (Lipinski definition) is 8. The molecule has 2 N–H and O–H groups in total. The van der Waals surface area contributed by atoms with Gasteiger partial charge in [-0.15, -0.1) is 4.58 Å². The van der Waals surface area contributed by atoms with Gasteiger partial charge in [-0.3, -0.25) is 10.1 Å². The lowest BCUT2D eigenvalue weighted by molar-refractivity contribution is -0.508. The van der Waals surface area contributed by atoms with Crippen LogP contribution in [-0.2, 0) is 10.9 Å². The highest BCUT2D eigenvalue weighted by Crippen LogP contribution is 2.42. The molecule has 1 fully saturated rings. The summed E-state index contributed by atoms with van der Waals surface area (Å²) in [6.07, 6.45) is -0.994. The third-order valence-electron chi connectivity index (χ3n) is 7.11. The molecule has 0 aliphatic carbocycles. The van der Waals surface area contributed by atoms with Gasteiger partial charge in [0.2, 0.25) is 11.6 Å². The number of nitro benzene ring substituents is 1. The maximum atomic E-state index is 13.7. The molecule has 0 unspecified atom stereocenters. The summed E-state index contributed by atoms with van der Waals surface area (Å²) in [5, 5.41) is 25.2. The van der Waals surface area contributed by atoms with E-state index in [-0.39, 0.29) is 29.0 Å². The molecule has 5 rings (SSSR count). The molecular formula is C27H28F3N6O5+. The van der Waals surface area contributed by atoms with Crippen molar-refractivity contribution in [1.29, 1.82) is 0 Å². The first kappa shape index (κ1) is 28.1. The van der Waals surface area contributed by atoms with Crippen molar-refractivity contribution in [1.82, 2.24) is 9.97 Å². The van der Waals surface area contributed by atoms with Gasteiger partial charge in [0.05, 0.1) is 47.8 Å². The van der Waals surface area contributed by atoms with Gasteiger partial charge >= 0.3 is 12.3 Å². The number of anilines is 2. The summed E-state index contributed by atoms with van der Waals surface area (Å²) in [5.41, 5.74) is 0.433. The molecule has 11 nitrogen and oxygen atoms in total. The number of aliphatic hydroxyl groups is 1. The highest BCUT2D eigenvalue weighted by atomic mass is 19.4. The number of non-ortho nitro benzene ring substituents is 1. The number of halogens is 3. The Morgan fingerprint density at radius 2 is 1.88 bits per heavy atom. The first-order valence-corrected chi connectivity index (χ1v) is 13.0. The van der Waals surface area contributed by atoms with Gasteiger partial charge in [0.15, 0.2) is 6.04 Å². The van der Waals surface area contributed by atoms with E-state index in [0.29, 0.717) is 44.8 Å². The molecule has 1 aromatic heterocycles. The van der Waals surface area contributed by atoms with Crippen LogP contribution in [-0.4, -0.2) is 63.0 Å². The fraction of sp³-hybridized carbons (Fsp3) is 0.370. The van der Waals surface area contributed by atoms with Crippen molar-refractivity contribution in [2.75, 3.05) is 36.5 Å². The van der Waals surface area contributed by atoms with Crippen molar-refractivity contribution in [2.45, 2.75) is 38.0 Å². The number of benzene rings is 2. The number of ether oxygens (including phenoxy) is 2. The van der Waals surface area contributed by atoms with E-state index in [1.165, 1.54) is 34.9 Å². The third-order valence-corrected chi connectivity index (χ3v) is 7.11. The number of aliphatic hydroxyl groups excluding tert-OH is 1.